The van der Waals surface area contributed by atoms with Gasteiger partial charge in [-0.25, -0.2) is 9.78 Å². The number of hydrogen-bond donors (Lipinski definition) is 1. The Bertz CT molecular complexity index is 985. The highest BCUT2D eigenvalue weighted by Crippen LogP contribution is 2.23. The summed E-state index contributed by atoms with van der Waals surface area (Å²) in [6.45, 7) is -0.200. The van der Waals surface area contributed by atoms with Crippen LogP contribution in [0.4, 0.5) is 5.69 Å². The molecule has 0 fully saturated rings. The van der Waals surface area contributed by atoms with Crippen LogP contribution in [0.1, 0.15) is 12.3 Å². The Morgan fingerprint density at radius 1 is 1.17 bits per heavy atom. The Kier molecular flexibility index (Phi) is 6.86. The minimum absolute atomic E-state index is 0.193. The fourth-order valence-electron chi connectivity index (χ4n) is 2.48. The molecule has 0 saturated carbocycles. The molecule has 8 heteroatoms. The quantitative estimate of drug-likeness (QED) is 0.557. The van der Waals surface area contributed by atoms with Crippen LogP contribution in [0.25, 0.3) is 11.3 Å². The number of amides is 1. The van der Waals surface area contributed by atoms with E-state index in [0.717, 1.165) is 5.56 Å². The van der Waals surface area contributed by atoms with Crippen LogP contribution >= 0.6 is 11.6 Å². The van der Waals surface area contributed by atoms with Gasteiger partial charge in [0, 0.05) is 35.2 Å². The van der Waals surface area contributed by atoms with Crippen LogP contribution in [0.3, 0.4) is 0 Å². The predicted molar refractivity (Wildman–Crippen MR) is 108 cm³/mol. The molecule has 0 unspecified atom stereocenters. The molecule has 1 heterocycles. The van der Waals surface area contributed by atoms with Crippen LogP contribution in [0.5, 0.6) is 5.75 Å². The highest BCUT2D eigenvalue weighted by molar-refractivity contribution is 6.30. The molecule has 0 spiro atoms. The molecule has 7 nitrogen and oxygen atoms in total. The number of ether oxygens (including phenoxy) is 2. The van der Waals surface area contributed by atoms with Crippen molar-refractivity contribution in [2.24, 2.45) is 0 Å². The number of halogens is 1. The van der Waals surface area contributed by atoms with Crippen LogP contribution in [0.2, 0.25) is 5.02 Å². The Balaban J connectivity index is 1.51. The number of aryl methyl sites for hydroxylation is 1. The van der Waals surface area contributed by atoms with Crippen molar-refractivity contribution in [3.63, 3.8) is 0 Å². The van der Waals surface area contributed by atoms with E-state index in [1.54, 1.807) is 42.6 Å². The van der Waals surface area contributed by atoms with Gasteiger partial charge in [-0.1, -0.05) is 17.7 Å². The summed E-state index contributed by atoms with van der Waals surface area (Å²) in [5, 5.41) is 3.42. The maximum atomic E-state index is 12.2. The molecule has 2 aromatic carbocycles. The Morgan fingerprint density at radius 2 is 1.97 bits per heavy atom. The summed E-state index contributed by atoms with van der Waals surface area (Å²) >= 11 is 5.88. The van der Waals surface area contributed by atoms with Crippen molar-refractivity contribution in [1.29, 1.82) is 0 Å². The zero-order valence-electron chi connectivity index (χ0n) is 15.7. The molecule has 0 aliphatic carbocycles. The molecule has 1 N–H and O–H groups in total. The van der Waals surface area contributed by atoms with Crippen molar-refractivity contribution in [2.75, 3.05) is 19.0 Å². The summed E-state index contributed by atoms with van der Waals surface area (Å²) in [7, 11) is 1.29. The maximum Gasteiger partial charge on any atom is 0.343 e. The van der Waals surface area contributed by atoms with Crippen LogP contribution in [0, 0.1) is 0 Å². The van der Waals surface area contributed by atoms with E-state index in [9.17, 15) is 9.59 Å². The molecule has 0 aliphatic rings. The summed E-state index contributed by atoms with van der Waals surface area (Å²) in [6, 6.07) is 14.0. The van der Waals surface area contributed by atoms with Gasteiger partial charge in [0.15, 0.2) is 18.3 Å². The molecule has 1 aromatic heterocycles. The van der Waals surface area contributed by atoms with Gasteiger partial charge in [-0.3, -0.25) is 4.79 Å². The van der Waals surface area contributed by atoms with Gasteiger partial charge in [-0.2, -0.15) is 0 Å². The Hall–Kier alpha value is -3.32. The molecule has 0 saturated heterocycles. The number of methoxy groups -OCH3 is 1. The minimum atomic E-state index is -0.483. The number of carbonyl (C=O) groups excluding carboxylic acids is 2. The Morgan fingerprint density at radius 3 is 2.72 bits per heavy atom. The zero-order chi connectivity index (χ0) is 20.6. The lowest BCUT2D eigenvalue weighted by atomic mass is 10.2. The maximum absolute atomic E-state index is 12.2. The van der Waals surface area contributed by atoms with Crippen LogP contribution in [-0.4, -0.2) is 30.6 Å². The fraction of sp³-hybridized carbons (Fsp3) is 0.190. The predicted octanol–water partition coefficient (Wildman–Crippen LogP) is 4.12. The Labute approximate surface area is 172 Å². The molecular formula is C21H19ClN2O5. The number of hydrogen-bond acceptors (Lipinski definition) is 6. The summed E-state index contributed by atoms with van der Waals surface area (Å²) in [4.78, 5) is 27.6. The smallest absolute Gasteiger partial charge is 0.343 e. The molecule has 0 atom stereocenters. The van der Waals surface area contributed by atoms with Crippen molar-refractivity contribution in [1.82, 2.24) is 4.98 Å². The number of oxazole rings is 1. The number of anilines is 1. The normalized spacial score (nSPS) is 10.4. The second-order valence-electron chi connectivity index (χ2n) is 6.07. The van der Waals surface area contributed by atoms with Crippen LogP contribution in [-0.2, 0) is 20.7 Å². The van der Waals surface area contributed by atoms with E-state index in [1.807, 2.05) is 12.1 Å². The second kappa shape index (κ2) is 9.75. The summed E-state index contributed by atoms with van der Waals surface area (Å²) in [5.74, 6) is 0.867. The van der Waals surface area contributed by atoms with Crippen molar-refractivity contribution < 1.29 is 23.5 Å². The monoisotopic (exact) mass is 414 g/mol. The van der Waals surface area contributed by atoms with Gasteiger partial charge in [0.1, 0.15) is 5.75 Å². The molecule has 3 aromatic rings. The van der Waals surface area contributed by atoms with Crippen LogP contribution < -0.4 is 10.1 Å². The molecule has 0 aliphatic heterocycles. The van der Waals surface area contributed by atoms with Crippen molar-refractivity contribution in [2.45, 2.75) is 12.8 Å². The molecule has 0 radical (unpaired) electrons. The van der Waals surface area contributed by atoms with E-state index >= 15 is 0 Å². The first kappa shape index (κ1) is 20.4. The number of benzene rings is 2. The van der Waals surface area contributed by atoms with Crippen molar-refractivity contribution in [3.8, 4) is 17.1 Å². The lowest BCUT2D eigenvalue weighted by Gasteiger charge is -2.08. The first-order chi connectivity index (χ1) is 14.0. The number of nitrogens with one attached hydrogen (secondary N) is 1. The van der Waals surface area contributed by atoms with Gasteiger partial charge < -0.3 is 19.2 Å². The topological polar surface area (TPSA) is 90.7 Å². The number of nitrogens with zero attached hydrogens (tertiary/aromatic N) is 1. The number of aromatic nitrogens is 1. The summed E-state index contributed by atoms with van der Waals surface area (Å²) in [6.07, 6.45) is 2.18. The third-order valence-electron chi connectivity index (χ3n) is 3.95. The second-order valence-corrected chi connectivity index (χ2v) is 6.50. The van der Waals surface area contributed by atoms with Gasteiger partial charge in [0.25, 0.3) is 0 Å². The lowest BCUT2D eigenvalue weighted by Crippen LogP contribution is -2.14. The number of esters is 1. The highest BCUT2D eigenvalue weighted by atomic mass is 35.5. The van der Waals surface area contributed by atoms with E-state index in [2.05, 4.69) is 15.0 Å². The molecule has 3 rings (SSSR count). The average molecular weight is 415 g/mol. The molecule has 150 valence electrons. The largest absolute Gasteiger partial charge is 0.482 e. The lowest BCUT2D eigenvalue weighted by molar-refractivity contribution is -0.142. The number of carbonyl (C=O) groups is 2. The van der Waals surface area contributed by atoms with E-state index < -0.39 is 5.97 Å². The van der Waals surface area contributed by atoms with Crippen molar-refractivity contribution in [3.05, 3.63) is 65.6 Å². The van der Waals surface area contributed by atoms with E-state index in [4.69, 9.17) is 20.8 Å². The zero-order valence-corrected chi connectivity index (χ0v) is 16.4. The minimum Gasteiger partial charge on any atom is -0.482 e. The molecule has 1 amide bonds. The number of rotatable bonds is 8. The summed E-state index contributed by atoms with van der Waals surface area (Å²) < 4.78 is 15.5. The third-order valence-corrected chi connectivity index (χ3v) is 4.20. The first-order valence-corrected chi connectivity index (χ1v) is 9.21. The van der Waals surface area contributed by atoms with Gasteiger partial charge in [-0.05, 0) is 36.4 Å². The van der Waals surface area contributed by atoms with Gasteiger partial charge in [-0.15, -0.1) is 0 Å². The highest BCUT2D eigenvalue weighted by Gasteiger charge is 2.10. The third kappa shape index (κ3) is 6.08. The van der Waals surface area contributed by atoms with E-state index in [0.29, 0.717) is 34.5 Å². The van der Waals surface area contributed by atoms with E-state index in [-0.39, 0.29) is 18.9 Å². The molecule has 0 bridgehead atoms. The molecular weight excluding hydrogens is 396 g/mol. The van der Waals surface area contributed by atoms with Gasteiger partial charge >= 0.3 is 5.97 Å². The standard InChI is InChI=1S/C21H19ClN2O5/c1-27-21(26)13-28-17-4-2-3-16(11-17)24-19(25)9-10-20-23-12-18(29-20)14-5-7-15(22)8-6-14/h2-8,11-12H,9-10,13H2,1H3,(H,24,25). The van der Waals surface area contributed by atoms with Gasteiger partial charge in [0.2, 0.25) is 5.91 Å². The first-order valence-electron chi connectivity index (χ1n) is 8.83. The SMILES string of the molecule is COC(=O)COc1cccc(NC(=O)CCc2ncc(-c3ccc(Cl)cc3)o2)c1. The average Bonchev–Trinajstić information content (AvgIpc) is 3.20. The summed E-state index contributed by atoms with van der Waals surface area (Å²) in [5.41, 5.74) is 1.42. The van der Waals surface area contributed by atoms with Crippen molar-refractivity contribution >= 4 is 29.2 Å². The molecule has 29 heavy (non-hydrogen) atoms. The van der Waals surface area contributed by atoms with E-state index in [1.165, 1.54) is 7.11 Å². The fourth-order valence-corrected chi connectivity index (χ4v) is 2.61. The van der Waals surface area contributed by atoms with Gasteiger partial charge in [0.05, 0.1) is 13.3 Å². The van der Waals surface area contributed by atoms with Crippen LogP contribution in [0.15, 0.2) is 59.1 Å².